The molecule has 0 saturated carbocycles. The number of pyridine rings is 1. The lowest BCUT2D eigenvalue weighted by Crippen LogP contribution is -2.51. The molecule has 4 rings (SSSR count). The van der Waals surface area contributed by atoms with Gasteiger partial charge >= 0.3 is 6.18 Å². The van der Waals surface area contributed by atoms with Crippen molar-refractivity contribution >= 4 is 16.9 Å². The van der Waals surface area contributed by atoms with Crippen molar-refractivity contribution in [1.29, 1.82) is 0 Å². The molecule has 3 aromatic rings. The Hall–Kier alpha value is -2.65. The first kappa shape index (κ1) is 24.5. The molecule has 0 amide bonds. The summed E-state index contributed by atoms with van der Waals surface area (Å²) in [6.45, 7) is 7.48. The zero-order valence-corrected chi connectivity index (χ0v) is 19.5. The molecule has 1 unspecified atom stereocenters. The molecule has 1 aliphatic rings. The number of morpholine rings is 1. The maximum absolute atomic E-state index is 14.2. The molecule has 1 fully saturated rings. The highest BCUT2D eigenvalue weighted by atomic mass is 19.4. The van der Waals surface area contributed by atoms with Crippen molar-refractivity contribution in [1.82, 2.24) is 9.97 Å². The second-order valence-electron chi connectivity index (χ2n) is 9.72. The Labute approximate surface area is 195 Å². The van der Waals surface area contributed by atoms with Gasteiger partial charge in [0.1, 0.15) is 11.6 Å². The third-order valence-electron chi connectivity index (χ3n) is 6.52. The fourth-order valence-electron chi connectivity index (χ4n) is 4.85. The number of aromatic nitrogens is 2. The topological polar surface area (TPSA) is 61.4 Å². The molecule has 5 nitrogen and oxygen atoms in total. The molecule has 0 radical (unpaired) electrons. The highest BCUT2D eigenvalue weighted by molar-refractivity contribution is 5.78. The van der Waals surface area contributed by atoms with Crippen molar-refractivity contribution in [3.63, 3.8) is 0 Å². The zero-order chi connectivity index (χ0) is 24.7. The Morgan fingerprint density at radius 3 is 2.47 bits per heavy atom. The van der Waals surface area contributed by atoms with Gasteiger partial charge in [0, 0.05) is 25.2 Å². The molecule has 0 spiro atoms. The van der Waals surface area contributed by atoms with E-state index in [1.807, 2.05) is 6.07 Å². The maximum Gasteiger partial charge on any atom is 0.417 e. The van der Waals surface area contributed by atoms with Gasteiger partial charge in [-0.25, -0.2) is 9.37 Å². The minimum absolute atomic E-state index is 0.230. The number of hydrogen-bond acceptors (Lipinski definition) is 4. The number of aliphatic hydroxyl groups is 1. The van der Waals surface area contributed by atoms with E-state index in [0.717, 1.165) is 5.82 Å². The van der Waals surface area contributed by atoms with Crippen LogP contribution in [0.15, 0.2) is 36.4 Å². The van der Waals surface area contributed by atoms with Gasteiger partial charge < -0.3 is 19.7 Å². The summed E-state index contributed by atoms with van der Waals surface area (Å²) in [5.41, 5.74) is -1.70. The number of ether oxygens (including phenoxy) is 1. The molecule has 2 aromatic heterocycles. The summed E-state index contributed by atoms with van der Waals surface area (Å²) >= 11 is 0. The zero-order valence-electron chi connectivity index (χ0n) is 19.5. The van der Waals surface area contributed by atoms with Gasteiger partial charge in [0.15, 0.2) is 5.60 Å². The van der Waals surface area contributed by atoms with Gasteiger partial charge in [-0.1, -0.05) is 19.9 Å². The third kappa shape index (κ3) is 4.90. The Bertz CT molecular complexity index is 1170. The van der Waals surface area contributed by atoms with Gasteiger partial charge in [0.2, 0.25) is 0 Å². The van der Waals surface area contributed by atoms with Crippen LogP contribution in [0.3, 0.4) is 0 Å². The molecular formula is C25H29F4N3O2. The summed E-state index contributed by atoms with van der Waals surface area (Å²) in [5, 5.41) is 11.0. The fraction of sp³-hybridized carbons (Fsp3) is 0.480. The molecular weight excluding hydrogens is 450 g/mol. The first-order chi connectivity index (χ1) is 15.9. The molecule has 1 saturated heterocycles. The first-order valence-electron chi connectivity index (χ1n) is 11.3. The Balaban J connectivity index is 1.63. The van der Waals surface area contributed by atoms with Crippen LogP contribution in [-0.2, 0) is 16.6 Å². The number of benzene rings is 1. The van der Waals surface area contributed by atoms with Gasteiger partial charge in [0.05, 0.1) is 24.2 Å². The molecule has 0 aliphatic carbocycles. The van der Waals surface area contributed by atoms with E-state index in [0.29, 0.717) is 48.5 Å². The number of nitrogens with zero attached hydrogens (tertiary/aromatic N) is 2. The number of alkyl halides is 3. The second kappa shape index (κ2) is 8.85. The van der Waals surface area contributed by atoms with E-state index >= 15 is 0 Å². The number of fused-ring (bicyclic) bond motifs is 1. The number of aromatic amines is 1. The van der Waals surface area contributed by atoms with Gasteiger partial charge in [-0.05, 0) is 60.2 Å². The van der Waals surface area contributed by atoms with E-state index in [-0.39, 0.29) is 5.69 Å². The van der Waals surface area contributed by atoms with Crippen LogP contribution in [0, 0.1) is 12.7 Å². The summed E-state index contributed by atoms with van der Waals surface area (Å²) in [7, 11) is 0. The number of halogens is 4. The SMILES string of the molecule is Cc1ccc(F)cc1C(C)(C)CC(O)(Cc1cc2nc(N3CCOCC3)ccc2[nH]1)C(F)(F)F. The molecule has 3 heterocycles. The average Bonchev–Trinajstić information content (AvgIpc) is 3.15. The van der Waals surface area contributed by atoms with Crippen LogP contribution in [-0.4, -0.2) is 53.2 Å². The molecule has 0 bridgehead atoms. The van der Waals surface area contributed by atoms with Gasteiger partial charge in [0.25, 0.3) is 0 Å². The lowest BCUT2D eigenvalue weighted by molar-refractivity contribution is -0.266. The van der Waals surface area contributed by atoms with Gasteiger partial charge in [-0.15, -0.1) is 0 Å². The molecule has 1 atom stereocenters. The number of rotatable bonds is 6. The predicted molar refractivity (Wildman–Crippen MR) is 123 cm³/mol. The van der Waals surface area contributed by atoms with E-state index in [1.165, 1.54) is 18.2 Å². The first-order valence-corrected chi connectivity index (χ1v) is 11.3. The van der Waals surface area contributed by atoms with Gasteiger partial charge in [-0.2, -0.15) is 13.2 Å². The fourth-order valence-corrected chi connectivity index (χ4v) is 4.85. The molecule has 1 aromatic carbocycles. The average molecular weight is 480 g/mol. The van der Waals surface area contributed by atoms with E-state index in [1.54, 1.807) is 32.9 Å². The molecule has 1 aliphatic heterocycles. The van der Waals surface area contributed by atoms with E-state index in [4.69, 9.17) is 4.74 Å². The van der Waals surface area contributed by atoms with Crippen molar-refractivity contribution < 1.29 is 27.4 Å². The Kier molecular flexibility index (Phi) is 6.37. The largest absolute Gasteiger partial charge is 0.417 e. The summed E-state index contributed by atoms with van der Waals surface area (Å²) in [6.07, 6.45) is -6.19. The van der Waals surface area contributed by atoms with Crippen LogP contribution in [0.25, 0.3) is 11.0 Å². The summed E-state index contributed by atoms with van der Waals surface area (Å²) in [4.78, 5) is 9.62. The number of anilines is 1. The van der Waals surface area contributed by atoms with Crippen molar-refractivity contribution in [2.45, 2.75) is 50.8 Å². The van der Waals surface area contributed by atoms with Crippen molar-refractivity contribution in [2.75, 3.05) is 31.2 Å². The van der Waals surface area contributed by atoms with E-state index < -0.39 is 35.9 Å². The normalized spacial score (nSPS) is 17.2. The Morgan fingerprint density at radius 2 is 1.79 bits per heavy atom. The number of H-pyrrole nitrogens is 1. The predicted octanol–water partition coefficient (Wildman–Crippen LogP) is 5.05. The second-order valence-corrected chi connectivity index (χ2v) is 9.72. The van der Waals surface area contributed by atoms with Gasteiger partial charge in [-0.3, -0.25) is 0 Å². The van der Waals surface area contributed by atoms with Crippen LogP contribution in [0.5, 0.6) is 0 Å². The van der Waals surface area contributed by atoms with Crippen LogP contribution >= 0.6 is 0 Å². The highest BCUT2D eigenvalue weighted by Gasteiger charge is 2.56. The van der Waals surface area contributed by atoms with Crippen LogP contribution in [0.4, 0.5) is 23.4 Å². The van der Waals surface area contributed by atoms with Crippen molar-refractivity contribution in [2.24, 2.45) is 0 Å². The molecule has 184 valence electrons. The standard InChI is InChI=1S/C25H29F4N3O2/c1-16-4-5-17(26)12-19(16)23(2,3)15-24(33,25(27,28)29)14-18-13-21-20(30-18)6-7-22(31-21)32-8-10-34-11-9-32/h4-7,12-13,30,33H,8-11,14-15H2,1-3H3. The minimum atomic E-state index is -4.89. The van der Waals surface area contributed by atoms with Crippen LogP contribution < -0.4 is 4.90 Å². The summed E-state index contributed by atoms with van der Waals surface area (Å²) < 4.78 is 61.8. The van der Waals surface area contributed by atoms with Crippen molar-refractivity contribution in [3.05, 3.63) is 59.0 Å². The molecule has 2 N–H and O–H groups in total. The van der Waals surface area contributed by atoms with Crippen molar-refractivity contribution in [3.8, 4) is 0 Å². The number of aryl methyl sites for hydroxylation is 1. The summed E-state index contributed by atoms with van der Waals surface area (Å²) in [5.74, 6) is 0.206. The molecule has 9 heteroatoms. The number of hydrogen-bond donors (Lipinski definition) is 2. The highest BCUT2D eigenvalue weighted by Crippen LogP contribution is 2.44. The van der Waals surface area contributed by atoms with E-state index in [9.17, 15) is 22.7 Å². The lowest BCUT2D eigenvalue weighted by Gasteiger charge is -2.38. The third-order valence-corrected chi connectivity index (χ3v) is 6.52. The quantitative estimate of drug-likeness (QED) is 0.486. The monoisotopic (exact) mass is 479 g/mol. The van der Waals surface area contributed by atoms with Crippen LogP contribution in [0.2, 0.25) is 0 Å². The van der Waals surface area contributed by atoms with Crippen LogP contribution in [0.1, 0.15) is 37.1 Å². The molecule has 34 heavy (non-hydrogen) atoms. The number of nitrogens with one attached hydrogen (secondary N) is 1. The summed E-state index contributed by atoms with van der Waals surface area (Å²) in [6, 6.07) is 9.20. The minimum Gasteiger partial charge on any atom is -0.380 e. The smallest absolute Gasteiger partial charge is 0.380 e. The maximum atomic E-state index is 14.2. The lowest BCUT2D eigenvalue weighted by atomic mass is 9.72. The van der Waals surface area contributed by atoms with E-state index in [2.05, 4.69) is 14.9 Å². The Morgan fingerprint density at radius 1 is 1.09 bits per heavy atom.